The summed E-state index contributed by atoms with van der Waals surface area (Å²) >= 11 is 0. The molecule has 0 aliphatic carbocycles. The Morgan fingerprint density at radius 3 is 2.64 bits per heavy atom. The molecule has 0 fully saturated rings. The fourth-order valence-electron chi connectivity index (χ4n) is 0.796. The number of hydrogen-bond acceptors (Lipinski definition) is 3. The summed E-state index contributed by atoms with van der Waals surface area (Å²) in [5, 5.41) is 3.25. The van der Waals surface area contributed by atoms with Crippen LogP contribution in [0.4, 0.5) is 0 Å². The maximum atomic E-state index is 5.47. The van der Waals surface area contributed by atoms with E-state index in [1.54, 1.807) is 0 Å². The second kappa shape index (κ2) is 5.71. The second-order valence-corrected chi connectivity index (χ2v) is 3.38. The van der Waals surface area contributed by atoms with E-state index >= 15 is 0 Å². The highest BCUT2D eigenvalue weighted by atomic mass is 28.2. The highest BCUT2D eigenvalue weighted by molar-refractivity contribution is 5.98. The molecule has 0 aromatic rings. The van der Waals surface area contributed by atoms with Crippen LogP contribution in [0, 0.1) is 0 Å². The summed E-state index contributed by atoms with van der Waals surface area (Å²) in [4.78, 5) is 0. The monoisotopic (exact) mass is 176 g/mol. The Morgan fingerprint density at radius 2 is 2.27 bits per heavy atom. The van der Waals surface area contributed by atoms with Gasteiger partial charge in [0.1, 0.15) is 10.5 Å². The molecule has 11 heavy (non-hydrogen) atoms. The maximum Gasteiger partial charge on any atom is 0.146 e. The summed E-state index contributed by atoms with van der Waals surface area (Å²) in [6.45, 7) is 6.75. The first-order valence-electron chi connectivity index (χ1n) is 4.14. The number of nitrogens with two attached hydrogens (primary N) is 1. The van der Waals surface area contributed by atoms with E-state index in [4.69, 9.17) is 10.2 Å². The van der Waals surface area contributed by atoms with Crippen molar-refractivity contribution in [1.29, 1.82) is 0 Å². The molecule has 0 radical (unpaired) electrons. The molecule has 0 aromatic carbocycles. The Kier molecular flexibility index (Phi) is 5.76. The Bertz CT molecular complexity index is 96.4. The first-order chi connectivity index (χ1) is 5.18. The molecule has 0 aliphatic heterocycles. The zero-order chi connectivity index (χ0) is 8.74. The van der Waals surface area contributed by atoms with Crippen LogP contribution in [-0.2, 0) is 4.43 Å². The first kappa shape index (κ1) is 11.1. The predicted molar refractivity (Wildman–Crippen MR) is 51.6 cm³/mol. The molecule has 68 valence electrons. The normalized spacial score (nSPS) is 16.6. The van der Waals surface area contributed by atoms with Gasteiger partial charge in [0, 0.05) is 19.6 Å². The van der Waals surface area contributed by atoms with Crippen LogP contribution in [0.3, 0.4) is 0 Å². The summed E-state index contributed by atoms with van der Waals surface area (Å²) < 4.78 is 5.47. The summed E-state index contributed by atoms with van der Waals surface area (Å²) in [6.07, 6.45) is 1.05. The van der Waals surface area contributed by atoms with Crippen molar-refractivity contribution in [1.82, 2.24) is 5.32 Å². The van der Waals surface area contributed by atoms with E-state index in [-0.39, 0.29) is 5.60 Å². The van der Waals surface area contributed by atoms with Crippen molar-refractivity contribution in [2.75, 3.05) is 19.6 Å². The largest absolute Gasteiger partial charge is 0.421 e. The van der Waals surface area contributed by atoms with Gasteiger partial charge in [0.25, 0.3) is 0 Å². The topological polar surface area (TPSA) is 47.3 Å². The van der Waals surface area contributed by atoms with Crippen molar-refractivity contribution >= 4 is 10.5 Å². The highest BCUT2D eigenvalue weighted by Gasteiger charge is 2.18. The standard InChI is InChI=1S/C7H20N2OSi/c1-3-7(2,10-11)6-9-5-4-8/h9H,3-6,8H2,1-2,11H3. The number of hydrogen-bond donors (Lipinski definition) is 2. The lowest BCUT2D eigenvalue weighted by Crippen LogP contribution is -2.41. The van der Waals surface area contributed by atoms with Crippen LogP contribution in [-0.4, -0.2) is 35.7 Å². The van der Waals surface area contributed by atoms with Gasteiger partial charge >= 0.3 is 0 Å². The van der Waals surface area contributed by atoms with Crippen molar-refractivity contribution in [2.45, 2.75) is 25.9 Å². The average Bonchev–Trinajstić information content (AvgIpc) is 2.05. The molecule has 0 saturated heterocycles. The highest BCUT2D eigenvalue weighted by Crippen LogP contribution is 2.11. The van der Waals surface area contributed by atoms with Crippen molar-refractivity contribution < 1.29 is 4.43 Å². The summed E-state index contributed by atoms with van der Waals surface area (Å²) in [5.74, 6) is 0. The zero-order valence-electron chi connectivity index (χ0n) is 7.81. The summed E-state index contributed by atoms with van der Waals surface area (Å²) in [5.41, 5.74) is 5.38. The lowest BCUT2D eigenvalue weighted by molar-refractivity contribution is 0.0961. The van der Waals surface area contributed by atoms with Crippen molar-refractivity contribution in [2.24, 2.45) is 5.73 Å². The molecule has 0 saturated carbocycles. The van der Waals surface area contributed by atoms with Gasteiger partial charge in [-0.2, -0.15) is 0 Å². The van der Waals surface area contributed by atoms with Crippen LogP contribution < -0.4 is 11.1 Å². The molecule has 1 atom stereocenters. The molecular formula is C7H20N2OSi. The van der Waals surface area contributed by atoms with Crippen LogP contribution in [0.15, 0.2) is 0 Å². The molecule has 0 amide bonds. The number of nitrogens with one attached hydrogen (secondary N) is 1. The maximum absolute atomic E-state index is 5.47. The number of rotatable bonds is 6. The van der Waals surface area contributed by atoms with E-state index < -0.39 is 0 Å². The van der Waals surface area contributed by atoms with Gasteiger partial charge in [-0.25, -0.2) is 0 Å². The molecule has 0 aliphatic rings. The third-order valence-electron chi connectivity index (χ3n) is 2.06. The quantitative estimate of drug-likeness (QED) is 0.403. The predicted octanol–water partition coefficient (Wildman–Crippen LogP) is -1.000. The fraction of sp³-hybridized carbons (Fsp3) is 1.00. The lowest BCUT2D eigenvalue weighted by atomic mass is 10.0. The van der Waals surface area contributed by atoms with Crippen molar-refractivity contribution in [3.05, 3.63) is 0 Å². The SMILES string of the molecule is CCC(C)(CNCCN)O[SiH3]. The van der Waals surface area contributed by atoms with Gasteiger partial charge in [-0.15, -0.1) is 0 Å². The lowest BCUT2D eigenvalue weighted by Gasteiger charge is -2.27. The summed E-state index contributed by atoms with van der Waals surface area (Å²) in [7, 11) is 0.803. The second-order valence-electron chi connectivity index (χ2n) is 2.97. The Morgan fingerprint density at radius 1 is 1.64 bits per heavy atom. The smallest absolute Gasteiger partial charge is 0.146 e. The molecule has 0 bridgehead atoms. The molecule has 0 spiro atoms. The minimum atomic E-state index is 0.0292. The van der Waals surface area contributed by atoms with Crippen LogP contribution in [0.1, 0.15) is 20.3 Å². The van der Waals surface area contributed by atoms with Gasteiger partial charge < -0.3 is 15.5 Å². The molecule has 4 heteroatoms. The van der Waals surface area contributed by atoms with E-state index in [0.29, 0.717) is 6.54 Å². The van der Waals surface area contributed by atoms with E-state index in [1.165, 1.54) is 0 Å². The fourth-order valence-corrected chi connectivity index (χ4v) is 1.23. The van der Waals surface area contributed by atoms with E-state index in [0.717, 1.165) is 30.0 Å². The summed E-state index contributed by atoms with van der Waals surface area (Å²) in [6, 6.07) is 0. The van der Waals surface area contributed by atoms with Gasteiger partial charge in [-0.3, -0.25) is 0 Å². The van der Waals surface area contributed by atoms with E-state index in [9.17, 15) is 0 Å². The molecule has 3 N–H and O–H groups in total. The van der Waals surface area contributed by atoms with Gasteiger partial charge in [0.05, 0.1) is 5.60 Å². The van der Waals surface area contributed by atoms with Crippen molar-refractivity contribution in [3.63, 3.8) is 0 Å². The first-order valence-corrected chi connectivity index (χ1v) is 4.96. The third kappa shape index (κ3) is 4.52. The van der Waals surface area contributed by atoms with Gasteiger partial charge in [0.15, 0.2) is 0 Å². The van der Waals surface area contributed by atoms with Gasteiger partial charge in [-0.1, -0.05) is 6.92 Å². The van der Waals surface area contributed by atoms with Crippen molar-refractivity contribution in [3.8, 4) is 0 Å². The van der Waals surface area contributed by atoms with Crippen LogP contribution in [0.25, 0.3) is 0 Å². The molecule has 1 unspecified atom stereocenters. The zero-order valence-corrected chi connectivity index (χ0v) is 9.81. The molecule has 0 aromatic heterocycles. The Hall–Kier alpha value is 0.0969. The van der Waals surface area contributed by atoms with E-state index in [2.05, 4.69) is 19.2 Å². The Balaban J connectivity index is 3.51. The van der Waals surface area contributed by atoms with Gasteiger partial charge in [0.2, 0.25) is 0 Å². The minimum Gasteiger partial charge on any atom is -0.421 e. The van der Waals surface area contributed by atoms with E-state index in [1.807, 2.05) is 0 Å². The van der Waals surface area contributed by atoms with Crippen LogP contribution in [0.2, 0.25) is 0 Å². The molecule has 0 heterocycles. The van der Waals surface area contributed by atoms with Gasteiger partial charge in [-0.05, 0) is 13.3 Å². The Labute approximate surface area is 72.2 Å². The van der Waals surface area contributed by atoms with Crippen LogP contribution >= 0.6 is 0 Å². The molecule has 0 rings (SSSR count). The van der Waals surface area contributed by atoms with Crippen LogP contribution in [0.5, 0.6) is 0 Å². The third-order valence-corrected chi connectivity index (χ3v) is 3.05. The molecule has 3 nitrogen and oxygen atoms in total. The minimum absolute atomic E-state index is 0.0292. The molecular weight excluding hydrogens is 156 g/mol. The average molecular weight is 176 g/mol.